The lowest BCUT2D eigenvalue weighted by atomic mass is 9.82. The number of hydrogen-bond acceptors (Lipinski definition) is 4. The van der Waals surface area contributed by atoms with Crippen LogP contribution in [0, 0.1) is 18.8 Å². The lowest BCUT2D eigenvalue weighted by Gasteiger charge is -2.22. The van der Waals surface area contributed by atoms with Gasteiger partial charge in [0.15, 0.2) is 11.8 Å². The zero-order valence-electron chi connectivity index (χ0n) is 16.4. The van der Waals surface area contributed by atoms with Crippen LogP contribution in [0.4, 0.5) is 0 Å². The smallest absolute Gasteiger partial charge is 0.194 e. The van der Waals surface area contributed by atoms with Crippen LogP contribution in [0.2, 0.25) is 0 Å². The Bertz CT molecular complexity index is 752. The zero-order chi connectivity index (χ0) is 18.6. The van der Waals surface area contributed by atoms with Crippen LogP contribution in [0.3, 0.4) is 0 Å². The van der Waals surface area contributed by atoms with E-state index in [-0.39, 0.29) is 0 Å². The molecule has 2 atom stereocenters. The minimum absolute atomic E-state index is 0.574. The Labute approximate surface area is 165 Å². The summed E-state index contributed by atoms with van der Waals surface area (Å²) in [5.41, 5.74) is 0. The Morgan fingerprint density at radius 2 is 2.04 bits per heavy atom. The van der Waals surface area contributed by atoms with Crippen LogP contribution in [0.5, 0.6) is 0 Å². The summed E-state index contributed by atoms with van der Waals surface area (Å²) in [5, 5.41) is 14.2. The molecule has 3 heterocycles. The zero-order valence-corrected chi connectivity index (χ0v) is 17.2. The van der Waals surface area contributed by atoms with Crippen molar-refractivity contribution in [2.75, 3.05) is 19.6 Å². The molecule has 0 aromatic carbocycles. The first-order valence-corrected chi connectivity index (χ1v) is 11.0. The maximum atomic E-state index is 4.94. The molecule has 6 nitrogen and oxygen atoms in total. The number of thiophene rings is 1. The van der Waals surface area contributed by atoms with Crippen molar-refractivity contribution in [1.82, 2.24) is 25.0 Å². The SMILES string of the molecule is Cc1nnc(CN=C(NCCc2cccs2)N2CC3CCCCC3C2)n1C. The van der Waals surface area contributed by atoms with Crippen LogP contribution in [-0.2, 0) is 20.0 Å². The van der Waals surface area contributed by atoms with Gasteiger partial charge in [0.05, 0.1) is 0 Å². The van der Waals surface area contributed by atoms with Crippen molar-refractivity contribution in [3.8, 4) is 0 Å². The van der Waals surface area contributed by atoms with Crippen LogP contribution in [-0.4, -0.2) is 45.3 Å². The standard InChI is InChI=1S/C20H30N6S/c1-15-23-24-19(25(15)2)12-22-20(21-10-9-18-8-5-11-27-18)26-13-16-6-3-4-7-17(16)14-26/h5,8,11,16-17H,3-4,6-7,9-10,12-14H2,1-2H3,(H,21,22). The second-order valence-corrected chi connectivity index (χ2v) is 8.86. The number of likely N-dealkylation sites (tertiary alicyclic amines) is 1. The molecular formula is C20H30N6S. The number of hydrogen-bond donors (Lipinski definition) is 1. The highest BCUT2D eigenvalue weighted by Crippen LogP contribution is 2.36. The summed E-state index contributed by atoms with van der Waals surface area (Å²) in [6.07, 6.45) is 6.59. The quantitative estimate of drug-likeness (QED) is 0.634. The van der Waals surface area contributed by atoms with Gasteiger partial charge in [-0.2, -0.15) is 0 Å². The third-order valence-electron chi connectivity index (χ3n) is 6.06. The van der Waals surface area contributed by atoms with E-state index < -0.39 is 0 Å². The minimum atomic E-state index is 0.574. The van der Waals surface area contributed by atoms with E-state index in [1.807, 2.05) is 29.9 Å². The number of nitrogens with zero attached hydrogens (tertiary/aromatic N) is 5. The van der Waals surface area contributed by atoms with Crippen LogP contribution in [0.15, 0.2) is 22.5 Å². The van der Waals surface area contributed by atoms with Crippen LogP contribution < -0.4 is 5.32 Å². The summed E-state index contributed by atoms with van der Waals surface area (Å²) in [4.78, 5) is 8.84. The third kappa shape index (κ3) is 4.34. The van der Waals surface area contributed by atoms with E-state index >= 15 is 0 Å². The van der Waals surface area contributed by atoms with Gasteiger partial charge in [0.25, 0.3) is 0 Å². The highest BCUT2D eigenvalue weighted by atomic mass is 32.1. The molecule has 27 heavy (non-hydrogen) atoms. The van der Waals surface area contributed by atoms with E-state index in [0.717, 1.165) is 55.5 Å². The number of fused-ring (bicyclic) bond motifs is 1. The van der Waals surface area contributed by atoms with Gasteiger partial charge in [0, 0.05) is 31.6 Å². The molecule has 1 aliphatic heterocycles. The first kappa shape index (κ1) is 18.5. The highest BCUT2D eigenvalue weighted by Gasteiger charge is 2.35. The van der Waals surface area contributed by atoms with Gasteiger partial charge in [-0.3, -0.25) is 0 Å². The van der Waals surface area contributed by atoms with E-state index in [4.69, 9.17) is 4.99 Å². The number of guanidine groups is 1. The van der Waals surface area contributed by atoms with Gasteiger partial charge in [0.2, 0.25) is 0 Å². The maximum Gasteiger partial charge on any atom is 0.194 e. The second kappa shape index (κ2) is 8.42. The first-order chi connectivity index (χ1) is 13.2. The fourth-order valence-electron chi connectivity index (χ4n) is 4.33. The molecule has 1 saturated carbocycles. The summed E-state index contributed by atoms with van der Waals surface area (Å²) >= 11 is 1.82. The van der Waals surface area contributed by atoms with Crippen molar-refractivity contribution in [1.29, 1.82) is 0 Å². The Kier molecular flexibility index (Phi) is 5.76. The van der Waals surface area contributed by atoms with E-state index in [9.17, 15) is 0 Å². The van der Waals surface area contributed by atoms with E-state index in [1.165, 1.54) is 30.6 Å². The van der Waals surface area contributed by atoms with Gasteiger partial charge in [-0.25, -0.2) is 4.99 Å². The normalized spacial score (nSPS) is 22.9. The van der Waals surface area contributed by atoms with Gasteiger partial charge in [0.1, 0.15) is 12.4 Å². The molecule has 2 fully saturated rings. The number of nitrogens with one attached hydrogen (secondary N) is 1. The lowest BCUT2D eigenvalue weighted by molar-refractivity contribution is 0.299. The summed E-state index contributed by atoms with van der Waals surface area (Å²) in [6, 6.07) is 4.33. The molecule has 0 bridgehead atoms. The Hall–Kier alpha value is -1.89. The molecule has 2 aliphatic rings. The van der Waals surface area contributed by atoms with Gasteiger partial charge in [-0.15, -0.1) is 21.5 Å². The Morgan fingerprint density at radius 1 is 1.26 bits per heavy atom. The molecule has 7 heteroatoms. The number of aryl methyl sites for hydroxylation is 1. The summed E-state index contributed by atoms with van der Waals surface area (Å²) in [7, 11) is 2.01. The largest absolute Gasteiger partial charge is 0.356 e. The van der Waals surface area contributed by atoms with E-state index in [0.29, 0.717) is 6.54 Å². The molecule has 0 radical (unpaired) electrons. The Balaban J connectivity index is 1.44. The monoisotopic (exact) mass is 386 g/mol. The predicted molar refractivity (Wildman–Crippen MR) is 110 cm³/mol. The molecule has 146 valence electrons. The second-order valence-electron chi connectivity index (χ2n) is 7.83. The highest BCUT2D eigenvalue weighted by molar-refractivity contribution is 7.09. The van der Waals surface area contributed by atoms with Crippen LogP contribution >= 0.6 is 11.3 Å². The average Bonchev–Trinajstić information content (AvgIpc) is 3.40. The first-order valence-electron chi connectivity index (χ1n) is 10.1. The lowest BCUT2D eigenvalue weighted by Crippen LogP contribution is -2.41. The molecule has 0 spiro atoms. The van der Waals surface area contributed by atoms with Gasteiger partial charge in [-0.1, -0.05) is 18.9 Å². The molecule has 1 N–H and O–H groups in total. The summed E-state index contributed by atoms with van der Waals surface area (Å²) in [5.74, 6) is 4.59. The average molecular weight is 387 g/mol. The number of rotatable bonds is 5. The number of aliphatic imine (C=N–C) groups is 1. The summed E-state index contributed by atoms with van der Waals surface area (Å²) < 4.78 is 2.02. The molecule has 1 aliphatic carbocycles. The van der Waals surface area contributed by atoms with Crippen molar-refractivity contribution in [3.05, 3.63) is 34.0 Å². The third-order valence-corrected chi connectivity index (χ3v) is 7.00. The molecule has 0 amide bonds. The van der Waals surface area contributed by atoms with Crippen molar-refractivity contribution >= 4 is 17.3 Å². The fourth-order valence-corrected chi connectivity index (χ4v) is 5.04. The molecular weight excluding hydrogens is 356 g/mol. The number of aromatic nitrogens is 3. The predicted octanol–water partition coefficient (Wildman–Crippen LogP) is 3.00. The molecule has 2 aromatic heterocycles. The summed E-state index contributed by atoms with van der Waals surface area (Å²) in [6.45, 7) is 5.76. The Morgan fingerprint density at radius 3 is 2.67 bits per heavy atom. The maximum absolute atomic E-state index is 4.94. The minimum Gasteiger partial charge on any atom is -0.356 e. The molecule has 2 aromatic rings. The van der Waals surface area contributed by atoms with Crippen LogP contribution in [0.25, 0.3) is 0 Å². The topological polar surface area (TPSA) is 58.3 Å². The van der Waals surface area contributed by atoms with E-state index in [2.05, 4.69) is 37.9 Å². The van der Waals surface area contributed by atoms with Gasteiger partial charge >= 0.3 is 0 Å². The fraction of sp³-hybridized carbons (Fsp3) is 0.650. The van der Waals surface area contributed by atoms with Gasteiger partial charge in [-0.05, 0) is 49.5 Å². The van der Waals surface area contributed by atoms with E-state index in [1.54, 1.807) is 0 Å². The van der Waals surface area contributed by atoms with Crippen molar-refractivity contribution in [2.24, 2.45) is 23.9 Å². The molecule has 4 rings (SSSR count). The molecule has 1 saturated heterocycles. The van der Waals surface area contributed by atoms with Crippen LogP contribution in [0.1, 0.15) is 42.2 Å². The van der Waals surface area contributed by atoms with Crippen molar-refractivity contribution in [3.63, 3.8) is 0 Å². The van der Waals surface area contributed by atoms with Gasteiger partial charge < -0.3 is 14.8 Å². The van der Waals surface area contributed by atoms with Crippen molar-refractivity contribution in [2.45, 2.75) is 45.6 Å². The van der Waals surface area contributed by atoms with Crippen molar-refractivity contribution < 1.29 is 0 Å². The molecule has 2 unspecified atom stereocenters.